The van der Waals surface area contributed by atoms with Crippen LogP contribution in [0.3, 0.4) is 0 Å². The number of hydrogen-bond acceptors (Lipinski definition) is 4. The average molecular weight is 287 g/mol. The molecule has 2 saturated heterocycles. The van der Waals surface area contributed by atoms with Gasteiger partial charge < -0.3 is 15.0 Å². The Morgan fingerprint density at radius 1 is 1.19 bits per heavy atom. The van der Waals surface area contributed by atoms with E-state index >= 15 is 0 Å². The number of imide groups is 1. The minimum atomic E-state index is -0.478. The molecule has 1 aromatic carbocycles. The molecule has 0 radical (unpaired) electrons. The summed E-state index contributed by atoms with van der Waals surface area (Å²) in [5, 5.41) is 4.68. The highest BCUT2D eigenvalue weighted by molar-refractivity contribution is 6.14. The van der Waals surface area contributed by atoms with Crippen LogP contribution in [0.5, 0.6) is 0 Å². The lowest BCUT2D eigenvalue weighted by molar-refractivity contribution is -0.115. The van der Waals surface area contributed by atoms with Crippen LogP contribution in [0.4, 0.5) is 10.5 Å². The van der Waals surface area contributed by atoms with E-state index in [0.29, 0.717) is 0 Å². The first-order chi connectivity index (χ1) is 10.1. The number of ether oxygens (including phenoxy) is 1. The Morgan fingerprint density at radius 3 is 2.57 bits per heavy atom. The molecule has 2 aliphatic rings. The Balaban J connectivity index is 1.83. The predicted octanol–water partition coefficient (Wildman–Crippen LogP) is 1.01. The zero-order valence-electron chi connectivity index (χ0n) is 11.8. The molecule has 2 fully saturated rings. The van der Waals surface area contributed by atoms with E-state index in [4.69, 9.17) is 4.74 Å². The molecule has 0 spiro atoms. The second-order valence-electron chi connectivity index (χ2n) is 5.11. The van der Waals surface area contributed by atoms with Crippen molar-refractivity contribution in [1.29, 1.82) is 0 Å². The number of anilines is 1. The number of aryl methyl sites for hydroxylation is 1. The van der Waals surface area contributed by atoms with Crippen LogP contribution in [0.1, 0.15) is 11.1 Å². The van der Waals surface area contributed by atoms with Crippen molar-refractivity contribution < 1.29 is 14.3 Å². The summed E-state index contributed by atoms with van der Waals surface area (Å²) in [6.45, 7) is 5.26. The van der Waals surface area contributed by atoms with Gasteiger partial charge >= 0.3 is 6.03 Å². The van der Waals surface area contributed by atoms with Crippen LogP contribution in [0, 0.1) is 6.92 Å². The van der Waals surface area contributed by atoms with Crippen LogP contribution in [0.2, 0.25) is 0 Å². The molecule has 0 bridgehead atoms. The van der Waals surface area contributed by atoms with Crippen molar-refractivity contribution in [2.45, 2.75) is 6.92 Å². The molecule has 110 valence electrons. The Labute approximate surface area is 122 Å². The van der Waals surface area contributed by atoms with E-state index in [1.807, 2.05) is 19.1 Å². The van der Waals surface area contributed by atoms with Crippen molar-refractivity contribution in [1.82, 2.24) is 10.6 Å². The van der Waals surface area contributed by atoms with Gasteiger partial charge in [-0.15, -0.1) is 0 Å². The molecule has 2 N–H and O–H groups in total. The van der Waals surface area contributed by atoms with Gasteiger partial charge in [-0.3, -0.25) is 10.1 Å². The molecular weight excluding hydrogens is 270 g/mol. The Bertz CT molecular complexity index is 619. The zero-order valence-corrected chi connectivity index (χ0v) is 11.8. The maximum Gasteiger partial charge on any atom is 0.326 e. The van der Waals surface area contributed by atoms with Crippen LogP contribution in [-0.2, 0) is 9.53 Å². The molecule has 2 heterocycles. The number of hydrogen-bond donors (Lipinski definition) is 2. The van der Waals surface area contributed by atoms with Crippen molar-refractivity contribution >= 4 is 23.7 Å². The molecule has 0 saturated carbocycles. The van der Waals surface area contributed by atoms with Gasteiger partial charge in [0.15, 0.2) is 0 Å². The molecule has 21 heavy (non-hydrogen) atoms. The third-order valence-electron chi connectivity index (χ3n) is 3.65. The first kappa shape index (κ1) is 13.6. The van der Waals surface area contributed by atoms with E-state index < -0.39 is 11.9 Å². The van der Waals surface area contributed by atoms with Crippen LogP contribution in [-0.4, -0.2) is 38.2 Å². The monoisotopic (exact) mass is 287 g/mol. The standard InChI is InChI=1S/C15H17N3O3/c1-10-8-12(18-4-6-21-7-5-18)3-2-11(10)9-13-14(19)17-15(20)16-13/h2-3,8-9H,4-7H2,1H3,(H2,16,17,19,20)/b13-9-. The summed E-state index contributed by atoms with van der Waals surface area (Å²) in [4.78, 5) is 24.9. The number of amides is 3. The van der Waals surface area contributed by atoms with Gasteiger partial charge in [0.05, 0.1) is 13.2 Å². The van der Waals surface area contributed by atoms with Gasteiger partial charge in [0.2, 0.25) is 0 Å². The second kappa shape index (κ2) is 5.57. The number of nitrogens with zero attached hydrogens (tertiary/aromatic N) is 1. The summed E-state index contributed by atoms with van der Waals surface area (Å²) in [6.07, 6.45) is 1.69. The fraction of sp³-hybridized carbons (Fsp3) is 0.333. The lowest BCUT2D eigenvalue weighted by atomic mass is 10.1. The number of benzene rings is 1. The first-order valence-corrected chi connectivity index (χ1v) is 6.91. The molecule has 0 atom stereocenters. The minimum absolute atomic E-state index is 0.280. The Hall–Kier alpha value is -2.34. The van der Waals surface area contributed by atoms with Gasteiger partial charge in [0.25, 0.3) is 5.91 Å². The van der Waals surface area contributed by atoms with Gasteiger partial charge in [-0.05, 0) is 36.3 Å². The van der Waals surface area contributed by atoms with Gasteiger partial charge in [0.1, 0.15) is 5.70 Å². The number of urea groups is 1. The summed E-state index contributed by atoms with van der Waals surface area (Å²) in [7, 11) is 0. The predicted molar refractivity (Wildman–Crippen MR) is 78.9 cm³/mol. The lowest BCUT2D eigenvalue weighted by Gasteiger charge is -2.29. The maximum absolute atomic E-state index is 11.5. The SMILES string of the molecule is Cc1cc(N2CCOCC2)ccc1/C=C1\NC(=O)NC1=O. The summed E-state index contributed by atoms with van der Waals surface area (Å²) in [6, 6.07) is 5.60. The molecular formula is C15H17N3O3. The normalized spacial score (nSPS) is 20.6. The van der Waals surface area contributed by atoms with E-state index in [2.05, 4.69) is 21.6 Å². The quantitative estimate of drug-likeness (QED) is 0.629. The minimum Gasteiger partial charge on any atom is -0.378 e. The number of rotatable bonds is 2. The fourth-order valence-corrected chi connectivity index (χ4v) is 2.48. The van der Waals surface area contributed by atoms with Crippen LogP contribution in [0.15, 0.2) is 23.9 Å². The topological polar surface area (TPSA) is 70.7 Å². The highest BCUT2D eigenvalue weighted by Gasteiger charge is 2.23. The van der Waals surface area contributed by atoms with Crippen LogP contribution >= 0.6 is 0 Å². The van der Waals surface area contributed by atoms with Crippen molar-refractivity contribution in [3.63, 3.8) is 0 Å². The summed E-state index contributed by atoms with van der Waals surface area (Å²) in [5.41, 5.74) is 3.40. The van der Waals surface area contributed by atoms with E-state index in [1.165, 1.54) is 0 Å². The lowest BCUT2D eigenvalue weighted by Crippen LogP contribution is -2.36. The molecule has 1 aromatic rings. The van der Waals surface area contributed by atoms with Crippen LogP contribution in [0.25, 0.3) is 6.08 Å². The summed E-state index contributed by atoms with van der Waals surface area (Å²) in [5.74, 6) is -0.392. The third-order valence-corrected chi connectivity index (χ3v) is 3.65. The molecule has 0 aliphatic carbocycles. The largest absolute Gasteiger partial charge is 0.378 e. The molecule has 2 aliphatic heterocycles. The smallest absolute Gasteiger partial charge is 0.326 e. The number of carbonyl (C=O) groups excluding carboxylic acids is 2. The third kappa shape index (κ3) is 2.90. The number of nitrogens with one attached hydrogen (secondary N) is 2. The second-order valence-corrected chi connectivity index (χ2v) is 5.11. The maximum atomic E-state index is 11.5. The Morgan fingerprint density at radius 2 is 1.95 bits per heavy atom. The highest BCUT2D eigenvalue weighted by Crippen LogP contribution is 2.22. The van der Waals surface area contributed by atoms with E-state index in [-0.39, 0.29) is 5.70 Å². The molecule has 6 nitrogen and oxygen atoms in total. The van der Waals surface area contributed by atoms with Crippen molar-refractivity contribution in [3.8, 4) is 0 Å². The van der Waals surface area contributed by atoms with Crippen molar-refractivity contribution in [2.24, 2.45) is 0 Å². The van der Waals surface area contributed by atoms with E-state index in [0.717, 1.165) is 43.1 Å². The number of morpholine rings is 1. The van der Waals surface area contributed by atoms with Gasteiger partial charge in [0, 0.05) is 18.8 Å². The van der Waals surface area contributed by atoms with Crippen molar-refractivity contribution in [3.05, 3.63) is 35.0 Å². The average Bonchev–Trinajstić information content (AvgIpc) is 2.80. The van der Waals surface area contributed by atoms with Gasteiger partial charge in [-0.1, -0.05) is 6.07 Å². The van der Waals surface area contributed by atoms with Gasteiger partial charge in [-0.2, -0.15) is 0 Å². The zero-order chi connectivity index (χ0) is 14.8. The van der Waals surface area contributed by atoms with Crippen molar-refractivity contribution in [2.75, 3.05) is 31.2 Å². The number of carbonyl (C=O) groups is 2. The van der Waals surface area contributed by atoms with Crippen LogP contribution < -0.4 is 15.5 Å². The van der Waals surface area contributed by atoms with E-state index in [1.54, 1.807) is 6.08 Å². The van der Waals surface area contributed by atoms with Gasteiger partial charge in [-0.25, -0.2) is 4.79 Å². The molecule has 6 heteroatoms. The fourth-order valence-electron chi connectivity index (χ4n) is 2.48. The molecule has 3 rings (SSSR count). The molecule has 3 amide bonds. The molecule has 0 aromatic heterocycles. The Kier molecular flexibility index (Phi) is 3.62. The first-order valence-electron chi connectivity index (χ1n) is 6.91. The highest BCUT2D eigenvalue weighted by atomic mass is 16.5. The summed E-state index contributed by atoms with van der Waals surface area (Å²) < 4.78 is 5.35. The summed E-state index contributed by atoms with van der Waals surface area (Å²) >= 11 is 0. The molecule has 0 unspecified atom stereocenters. The van der Waals surface area contributed by atoms with E-state index in [9.17, 15) is 9.59 Å².